The molecule has 0 saturated carbocycles. The Balaban J connectivity index is 1.47. The molecule has 6 nitrogen and oxygen atoms in total. The molecule has 1 saturated heterocycles. The molecule has 1 atom stereocenters. The maximum atomic E-state index is 5.41. The number of nitrogens with zero attached hydrogens (tertiary/aromatic N) is 3. The molecule has 2 aliphatic rings. The highest BCUT2D eigenvalue weighted by Crippen LogP contribution is 2.22. The zero-order valence-electron chi connectivity index (χ0n) is 17.8. The van der Waals surface area contributed by atoms with Crippen LogP contribution in [0.3, 0.4) is 0 Å². The summed E-state index contributed by atoms with van der Waals surface area (Å²) in [4.78, 5) is 9.48. The summed E-state index contributed by atoms with van der Waals surface area (Å²) in [6.07, 6.45) is 1.14. The van der Waals surface area contributed by atoms with E-state index in [-0.39, 0.29) is 0 Å². The van der Waals surface area contributed by atoms with Crippen LogP contribution < -0.4 is 10.6 Å². The van der Waals surface area contributed by atoms with Crippen LogP contribution in [0.2, 0.25) is 0 Å². The first-order valence-corrected chi connectivity index (χ1v) is 10.7. The molecule has 1 aromatic rings. The number of rotatable bonds is 7. The van der Waals surface area contributed by atoms with Crippen LogP contribution >= 0.6 is 0 Å². The standard InChI is InChI=1S/C22H37N5O/c1-18(2)21(27-10-8-19-6-4-5-7-20(19)17-27)16-25-22(23-3)24-9-11-26-12-14-28-15-13-26/h4-7,18,21H,8-17H2,1-3H3,(H2,23,24,25). The average Bonchev–Trinajstić information content (AvgIpc) is 2.73. The number of morpholine rings is 1. The summed E-state index contributed by atoms with van der Waals surface area (Å²) < 4.78 is 5.41. The van der Waals surface area contributed by atoms with Gasteiger partial charge in [0, 0.05) is 58.9 Å². The second-order valence-corrected chi connectivity index (χ2v) is 8.13. The summed E-state index contributed by atoms with van der Waals surface area (Å²) >= 11 is 0. The second-order valence-electron chi connectivity index (χ2n) is 8.13. The first-order chi connectivity index (χ1) is 13.7. The minimum Gasteiger partial charge on any atom is -0.379 e. The molecule has 0 amide bonds. The average molecular weight is 388 g/mol. The molecule has 156 valence electrons. The van der Waals surface area contributed by atoms with Crippen LogP contribution in [0, 0.1) is 5.92 Å². The third-order valence-corrected chi connectivity index (χ3v) is 5.93. The fraction of sp³-hybridized carbons (Fsp3) is 0.682. The van der Waals surface area contributed by atoms with Crippen molar-refractivity contribution in [3.8, 4) is 0 Å². The van der Waals surface area contributed by atoms with E-state index in [4.69, 9.17) is 4.74 Å². The van der Waals surface area contributed by atoms with Crippen molar-refractivity contribution in [3.63, 3.8) is 0 Å². The molecule has 2 heterocycles. The largest absolute Gasteiger partial charge is 0.379 e. The summed E-state index contributed by atoms with van der Waals surface area (Å²) in [6, 6.07) is 9.35. The van der Waals surface area contributed by atoms with Gasteiger partial charge >= 0.3 is 0 Å². The van der Waals surface area contributed by atoms with Crippen LogP contribution in [-0.2, 0) is 17.7 Å². The molecule has 0 bridgehead atoms. The van der Waals surface area contributed by atoms with Gasteiger partial charge in [0.05, 0.1) is 13.2 Å². The molecule has 0 aliphatic carbocycles. The molecule has 3 rings (SSSR count). The normalized spacial score (nSPS) is 20.1. The summed E-state index contributed by atoms with van der Waals surface area (Å²) in [5.41, 5.74) is 2.99. The van der Waals surface area contributed by atoms with E-state index in [1.165, 1.54) is 11.1 Å². The highest BCUT2D eigenvalue weighted by molar-refractivity contribution is 5.79. The topological polar surface area (TPSA) is 52.1 Å². The fourth-order valence-electron chi connectivity index (χ4n) is 4.17. The lowest BCUT2D eigenvalue weighted by atomic mass is 9.95. The number of aliphatic imine (C=N–C) groups is 1. The third-order valence-electron chi connectivity index (χ3n) is 5.93. The Morgan fingerprint density at radius 2 is 1.86 bits per heavy atom. The Morgan fingerprint density at radius 1 is 1.11 bits per heavy atom. The van der Waals surface area contributed by atoms with Crippen molar-refractivity contribution in [2.24, 2.45) is 10.9 Å². The fourth-order valence-corrected chi connectivity index (χ4v) is 4.17. The van der Waals surface area contributed by atoms with Gasteiger partial charge in [-0.3, -0.25) is 14.8 Å². The highest BCUT2D eigenvalue weighted by atomic mass is 16.5. The van der Waals surface area contributed by atoms with E-state index in [1.54, 1.807) is 0 Å². The zero-order chi connectivity index (χ0) is 19.8. The number of benzene rings is 1. The van der Waals surface area contributed by atoms with E-state index in [9.17, 15) is 0 Å². The lowest BCUT2D eigenvalue weighted by Crippen LogP contribution is -2.51. The third kappa shape index (κ3) is 5.93. The molecule has 1 fully saturated rings. The van der Waals surface area contributed by atoms with Crippen molar-refractivity contribution in [2.45, 2.75) is 32.9 Å². The van der Waals surface area contributed by atoms with Gasteiger partial charge in [-0.25, -0.2) is 0 Å². The minimum atomic E-state index is 0.492. The molecule has 0 aromatic heterocycles. The van der Waals surface area contributed by atoms with E-state index < -0.39 is 0 Å². The molecular weight excluding hydrogens is 350 g/mol. The van der Waals surface area contributed by atoms with Crippen molar-refractivity contribution in [2.75, 3.05) is 59.5 Å². The lowest BCUT2D eigenvalue weighted by Gasteiger charge is -2.38. The van der Waals surface area contributed by atoms with Gasteiger partial charge in [-0.2, -0.15) is 0 Å². The van der Waals surface area contributed by atoms with Gasteiger partial charge in [-0.1, -0.05) is 38.1 Å². The quantitative estimate of drug-likeness (QED) is 0.549. The van der Waals surface area contributed by atoms with E-state index in [2.05, 4.69) is 63.5 Å². The monoisotopic (exact) mass is 387 g/mol. The van der Waals surface area contributed by atoms with Crippen LogP contribution in [0.5, 0.6) is 0 Å². The zero-order valence-corrected chi connectivity index (χ0v) is 17.8. The van der Waals surface area contributed by atoms with Gasteiger partial charge in [0.1, 0.15) is 0 Å². The van der Waals surface area contributed by atoms with Crippen LogP contribution in [0.25, 0.3) is 0 Å². The van der Waals surface area contributed by atoms with Gasteiger partial charge in [0.15, 0.2) is 5.96 Å². The molecule has 1 aromatic carbocycles. The summed E-state index contributed by atoms with van der Waals surface area (Å²) in [6.45, 7) is 13.4. The van der Waals surface area contributed by atoms with Gasteiger partial charge in [0.25, 0.3) is 0 Å². The number of hydrogen-bond donors (Lipinski definition) is 2. The van der Waals surface area contributed by atoms with Crippen molar-refractivity contribution in [1.82, 2.24) is 20.4 Å². The number of ether oxygens (including phenoxy) is 1. The Hall–Kier alpha value is -1.63. The number of fused-ring (bicyclic) bond motifs is 1. The molecule has 0 spiro atoms. The van der Waals surface area contributed by atoms with Crippen LogP contribution in [0.4, 0.5) is 0 Å². The summed E-state index contributed by atoms with van der Waals surface area (Å²) in [5, 5.41) is 7.03. The molecule has 2 aliphatic heterocycles. The van der Waals surface area contributed by atoms with E-state index in [0.717, 1.165) is 71.4 Å². The number of guanidine groups is 1. The SMILES string of the molecule is CN=C(NCCN1CCOCC1)NCC(C(C)C)N1CCc2ccccc2C1. The van der Waals surface area contributed by atoms with Gasteiger partial charge < -0.3 is 15.4 Å². The molecule has 28 heavy (non-hydrogen) atoms. The van der Waals surface area contributed by atoms with Crippen molar-refractivity contribution in [3.05, 3.63) is 35.4 Å². The van der Waals surface area contributed by atoms with Gasteiger partial charge in [0.2, 0.25) is 0 Å². The van der Waals surface area contributed by atoms with Crippen LogP contribution in [0.1, 0.15) is 25.0 Å². The molecule has 6 heteroatoms. The van der Waals surface area contributed by atoms with Crippen molar-refractivity contribution < 1.29 is 4.74 Å². The maximum Gasteiger partial charge on any atom is 0.191 e. The first-order valence-electron chi connectivity index (χ1n) is 10.7. The predicted molar refractivity (Wildman–Crippen MR) is 116 cm³/mol. The summed E-state index contributed by atoms with van der Waals surface area (Å²) in [7, 11) is 1.85. The van der Waals surface area contributed by atoms with Gasteiger partial charge in [-0.15, -0.1) is 0 Å². The Labute approximate surface area is 170 Å². The van der Waals surface area contributed by atoms with Crippen LogP contribution in [0.15, 0.2) is 29.3 Å². The maximum absolute atomic E-state index is 5.41. The Kier molecular flexibility index (Phi) is 8.13. The lowest BCUT2D eigenvalue weighted by molar-refractivity contribution is 0.0389. The molecular formula is C22H37N5O. The number of nitrogens with one attached hydrogen (secondary N) is 2. The minimum absolute atomic E-state index is 0.492. The summed E-state index contributed by atoms with van der Waals surface area (Å²) in [5.74, 6) is 1.49. The smallest absolute Gasteiger partial charge is 0.191 e. The van der Waals surface area contributed by atoms with E-state index >= 15 is 0 Å². The Morgan fingerprint density at radius 3 is 2.57 bits per heavy atom. The van der Waals surface area contributed by atoms with E-state index in [1.807, 2.05) is 7.05 Å². The van der Waals surface area contributed by atoms with Crippen molar-refractivity contribution >= 4 is 5.96 Å². The van der Waals surface area contributed by atoms with E-state index in [0.29, 0.717) is 12.0 Å². The predicted octanol–water partition coefficient (Wildman–Crippen LogP) is 1.57. The second kappa shape index (κ2) is 10.8. The van der Waals surface area contributed by atoms with Crippen LogP contribution in [-0.4, -0.2) is 81.3 Å². The molecule has 1 unspecified atom stereocenters. The van der Waals surface area contributed by atoms with Gasteiger partial charge in [-0.05, 0) is 23.5 Å². The first kappa shape index (κ1) is 21.1. The van der Waals surface area contributed by atoms with Crippen molar-refractivity contribution in [1.29, 1.82) is 0 Å². The Bertz CT molecular complexity index is 627. The highest BCUT2D eigenvalue weighted by Gasteiger charge is 2.25. The molecule has 0 radical (unpaired) electrons. The molecule has 2 N–H and O–H groups in total. The number of hydrogen-bond acceptors (Lipinski definition) is 4.